The molecule has 0 saturated carbocycles. The van der Waals surface area contributed by atoms with Gasteiger partial charge in [0, 0.05) is 18.0 Å². The van der Waals surface area contributed by atoms with Gasteiger partial charge in [0.25, 0.3) is 0 Å². The largest absolute Gasteiger partial charge is 1.00 e. The Labute approximate surface area is 123 Å². The maximum absolute atomic E-state index is 11.1. The number of aromatic carboxylic acids is 1. The minimum atomic E-state index is -1.19. The van der Waals surface area contributed by atoms with E-state index in [0.29, 0.717) is 18.0 Å². The Bertz CT molecular complexity index is 606. The van der Waals surface area contributed by atoms with Gasteiger partial charge in [0.1, 0.15) is 0 Å². The Kier molecular flexibility index (Phi) is 4.93. The Morgan fingerprint density at radius 2 is 1.79 bits per heavy atom. The molecule has 1 aromatic heterocycles. The average molecular weight is 255 g/mol. The number of aromatic nitrogens is 1. The number of carboxylic acid groups (broad SMARTS) is 1. The second-order valence-corrected chi connectivity index (χ2v) is 3.83. The van der Waals surface area contributed by atoms with Gasteiger partial charge >= 0.3 is 18.9 Å². The number of fused-ring (bicyclic) bond motifs is 1. The van der Waals surface area contributed by atoms with E-state index >= 15 is 0 Å². The maximum atomic E-state index is 11.1. The van der Waals surface area contributed by atoms with E-state index < -0.39 is 5.97 Å². The van der Waals surface area contributed by atoms with Crippen molar-refractivity contribution in [2.75, 3.05) is 14.2 Å². The molecule has 0 radical (unpaired) electrons. The zero-order chi connectivity index (χ0) is 13.3. The first-order valence-corrected chi connectivity index (χ1v) is 5.59. The minimum absolute atomic E-state index is 0. The van der Waals surface area contributed by atoms with Gasteiger partial charge < -0.3 is 23.9 Å². The van der Waals surface area contributed by atoms with E-state index in [1.807, 2.05) is 6.92 Å². The predicted molar refractivity (Wildman–Crippen MR) is 65.0 cm³/mol. The van der Waals surface area contributed by atoms with E-state index in [1.54, 1.807) is 37.0 Å². The summed E-state index contributed by atoms with van der Waals surface area (Å²) in [6, 6.07) is 5.10. The van der Waals surface area contributed by atoms with Crippen LogP contribution in [-0.2, 0) is 6.54 Å². The third-order valence-electron chi connectivity index (χ3n) is 2.93. The number of nitrogens with zero attached hydrogens (tertiary/aromatic N) is 1. The van der Waals surface area contributed by atoms with Crippen LogP contribution in [0.5, 0.6) is 11.5 Å². The number of carbonyl (C=O) groups is 1. The minimum Gasteiger partial charge on any atom is -0.543 e. The zero-order valence-electron chi connectivity index (χ0n) is 11.5. The first kappa shape index (κ1) is 15.5. The van der Waals surface area contributed by atoms with Gasteiger partial charge in [0.15, 0.2) is 11.5 Å². The molecule has 0 amide bonds. The van der Waals surface area contributed by atoms with E-state index in [-0.39, 0.29) is 24.6 Å². The van der Waals surface area contributed by atoms with Gasteiger partial charge in [-0.05, 0) is 19.1 Å². The molecule has 0 aliphatic rings. The van der Waals surface area contributed by atoms with Crippen molar-refractivity contribution in [2.24, 2.45) is 0 Å². The van der Waals surface area contributed by atoms with Crippen LogP contribution in [-0.4, -0.2) is 24.8 Å². The van der Waals surface area contributed by atoms with Crippen molar-refractivity contribution in [3.05, 3.63) is 23.9 Å². The van der Waals surface area contributed by atoms with Gasteiger partial charge in [-0.2, -0.15) is 0 Å². The Morgan fingerprint density at radius 1 is 1.21 bits per heavy atom. The van der Waals surface area contributed by atoms with Crippen molar-refractivity contribution >= 4 is 16.9 Å². The number of benzene rings is 1. The van der Waals surface area contributed by atoms with Crippen LogP contribution in [0.2, 0.25) is 0 Å². The van der Waals surface area contributed by atoms with Crippen molar-refractivity contribution in [1.29, 1.82) is 0 Å². The molecule has 0 saturated heterocycles. The van der Waals surface area contributed by atoms with Gasteiger partial charge in [-0.1, -0.05) is 0 Å². The van der Waals surface area contributed by atoms with E-state index in [1.165, 1.54) is 0 Å². The number of rotatable bonds is 4. The molecule has 0 atom stereocenters. The standard InChI is InChI=1S/C13H15NO4.Li/c1-4-14-9-7-12(18-3)11(17-2)6-8(9)5-10(14)13(15)16;/h5-7H,4H2,1-3H3,(H,15,16);/q;+1/p-1. The van der Waals surface area contributed by atoms with Crippen LogP contribution in [0.25, 0.3) is 10.9 Å². The van der Waals surface area contributed by atoms with E-state index in [0.717, 1.165) is 10.9 Å². The normalized spacial score (nSPS) is 10.1. The second-order valence-electron chi connectivity index (χ2n) is 3.83. The number of aryl methyl sites for hydroxylation is 1. The van der Waals surface area contributed by atoms with Crippen molar-refractivity contribution in [3.63, 3.8) is 0 Å². The fraction of sp³-hybridized carbons (Fsp3) is 0.308. The summed E-state index contributed by atoms with van der Waals surface area (Å²) in [6.45, 7) is 2.42. The molecule has 0 unspecified atom stereocenters. The molecular formula is C13H14LiNO4. The van der Waals surface area contributed by atoms with Gasteiger partial charge in [-0.25, -0.2) is 0 Å². The van der Waals surface area contributed by atoms with Gasteiger partial charge in [-0.3, -0.25) is 0 Å². The van der Waals surface area contributed by atoms with E-state index in [9.17, 15) is 9.90 Å². The summed E-state index contributed by atoms with van der Waals surface area (Å²) < 4.78 is 12.1. The first-order chi connectivity index (χ1) is 8.62. The van der Waals surface area contributed by atoms with Crippen LogP contribution in [0.1, 0.15) is 17.4 Å². The third kappa shape index (κ3) is 2.58. The molecule has 0 aliphatic heterocycles. The van der Waals surface area contributed by atoms with Crippen molar-refractivity contribution in [2.45, 2.75) is 13.5 Å². The number of methoxy groups -OCH3 is 2. The molecule has 0 N–H and O–H groups in total. The summed E-state index contributed by atoms with van der Waals surface area (Å²) in [5.74, 6) is -0.0446. The van der Waals surface area contributed by atoms with Crippen molar-refractivity contribution < 1.29 is 38.2 Å². The fourth-order valence-electron chi connectivity index (χ4n) is 2.10. The monoisotopic (exact) mass is 255 g/mol. The molecule has 96 valence electrons. The molecule has 0 aliphatic carbocycles. The summed E-state index contributed by atoms with van der Waals surface area (Å²) in [5, 5.41) is 11.9. The second kappa shape index (κ2) is 6.05. The Morgan fingerprint density at radius 3 is 2.26 bits per heavy atom. The molecular weight excluding hydrogens is 241 g/mol. The number of carboxylic acids is 1. The SMILES string of the molecule is CCn1c(C(=O)[O-])cc2cc(OC)c(OC)cc21.[Li+]. The van der Waals surface area contributed by atoms with Crippen LogP contribution < -0.4 is 33.4 Å². The topological polar surface area (TPSA) is 63.5 Å². The third-order valence-corrected chi connectivity index (χ3v) is 2.93. The van der Waals surface area contributed by atoms with E-state index in [4.69, 9.17) is 9.47 Å². The van der Waals surface area contributed by atoms with Crippen LogP contribution in [0.4, 0.5) is 0 Å². The van der Waals surface area contributed by atoms with Gasteiger partial charge in [-0.15, -0.1) is 0 Å². The summed E-state index contributed by atoms with van der Waals surface area (Å²) >= 11 is 0. The number of carbonyl (C=O) groups excluding carboxylic acids is 1. The maximum Gasteiger partial charge on any atom is 1.00 e. The van der Waals surface area contributed by atoms with Gasteiger partial charge in [0.05, 0.1) is 31.4 Å². The van der Waals surface area contributed by atoms with Crippen LogP contribution >= 0.6 is 0 Å². The van der Waals surface area contributed by atoms with Crippen LogP contribution in [0.3, 0.4) is 0 Å². The number of ether oxygens (including phenoxy) is 2. The molecule has 1 heterocycles. The average Bonchev–Trinajstić information content (AvgIpc) is 2.74. The van der Waals surface area contributed by atoms with Crippen molar-refractivity contribution in [3.8, 4) is 11.5 Å². The summed E-state index contributed by atoms with van der Waals surface area (Å²) in [6.07, 6.45) is 0. The van der Waals surface area contributed by atoms with Crippen LogP contribution in [0, 0.1) is 0 Å². The summed E-state index contributed by atoms with van der Waals surface area (Å²) in [7, 11) is 3.09. The number of hydrogen-bond acceptors (Lipinski definition) is 4. The summed E-state index contributed by atoms with van der Waals surface area (Å²) in [4.78, 5) is 11.1. The molecule has 6 heteroatoms. The molecule has 2 rings (SSSR count). The first-order valence-electron chi connectivity index (χ1n) is 5.59. The Balaban J connectivity index is 0.00000180. The molecule has 0 bridgehead atoms. The summed E-state index contributed by atoms with van der Waals surface area (Å²) in [5.41, 5.74) is 0.942. The van der Waals surface area contributed by atoms with Crippen molar-refractivity contribution in [1.82, 2.24) is 4.57 Å². The zero-order valence-corrected chi connectivity index (χ0v) is 11.5. The predicted octanol–water partition coefficient (Wildman–Crippen LogP) is -1.95. The Hall–Kier alpha value is -1.57. The molecule has 5 nitrogen and oxygen atoms in total. The fourth-order valence-corrected chi connectivity index (χ4v) is 2.10. The molecule has 0 spiro atoms. The molecule has 0 fully saturated rings. The smallest absolute Gasteiger partial charge is 0.543 e. The van der Waals surface area contributed by atoms with Gasteiger partial charge in [0.2, 0.25) is 0 Å². The van der Waals surface area contributed by atoms with Crippen LogP contribution in [0.15, 0.2) is 18.2 Å². The molecule has 1 aromatic carbocycles. The number of hydrogen-bond donors (Lipinski definition) is 0. The molecule has 19 heavy (non-hydrogen) atoms. The van der Waals surface area contributed by atoms with E-state index in [2.05, 4.69) is 0 Å². The quantitative estimate of drug-likeness (QED) is 0.595. The molecule has 2 aromatic rings.